The first-order valence-electron chi connectivity index (χ1n) is 17.1. The van der Waals surface area contributed by atoms with Crippen LogP contribution >= 0.6 is 0 Å². The van der Waals surface area contributed by atoms with Gasteiger partial charge in [-0.1, -0.05) is 19.1 Å². The zero-order valence-corrected chi connectivity index (χ0v) is 28.8. The molecule has 2 saturated heterocycles. The van der Waals surface area contributed by atoms with E-state index >= 15 is 0 Å². The second-order valence-corrected chi connectivity index (χ2v) is 15.5. The van der Waals surface area contributed by atoms with Crippen LogP contribution in [0.1, 0.15) is 76.2 Å². The smallest absolute Gasteiger partial charge is 0.407 e. The summed E-state index contributed by atoms with van der Waals surface area (Å²) in [6.07, 6.45) is 6.55. The molecular formula is C37H50FN5O4. The van der Waals surface area contributed by atoms with Crippen LogP contribution in [0.3, 0.4) is 0 Å². The van der Waals surface area contributed by atoms with Gasteiger partial charge < -0.3 is 24.6 Å². The summed E-state index contributed by atoms with van der Waals surface area (Å²) < 4.78 is 27.5. The first-order chi connectivity index (χ1) is 22.3. The number of rotatable bonds is 7. The second-order valence-electron chi connectivity index (χ2n) is 15.5. The van der Waals surface area contributed by atoms with Crippen LogP contribution in [0.5, 0.6) is 0 Å². The summed E-state index contributed by atoms with van der Waals surface area (Å²) in [4.78, 5) is 30.4. The number of nitrogens with one attached hydrogen (secondary N) is 1. The highest BCUT2D eigenvalue weighted by Crippen LogP contribution is 2.39. The number of aromatic nitrogens is 2. The van der Waals surface area contributed by atoms with E-state index in [4.69, 9.17) is 9.47 Å². The van der Waals surface area contributed by atoms with E-state index in [2.05, 4.69) is 34.4 Å². The zero-order chi connectivity index (χ0) is 33.5. The molecule has 2 aromatic carbocycles. The molecule has 1 saturated carbocycles. The zero-order valence-electron chi connectivity index (χ0n) is 28.8. The maximum absolute atomic E-state index is 14.6. The number of halogens is 1. The van der Waals surface area contributed by atoms with Crippen LogP contribution in [0.2, 0.25) is 0 Å². The first-order valence-corrected chi connectivity index (χ1v) is 17.1. The van der Waals surface area contributed by atoms with Gasteiger partial charge in [0.15, 0.2) is 0 Å². The van der Waals surface area contributed by atoms with Gasteiger partial charge in [-0.25, -0.2) is 9.18 Å². The lowest BCUT2D eigenvalue weighted by molar-refractivity contribution is 0.00361. The molecule has 254 valence electrons. The van der Waals surface area contributed by atoms with Crippen LogP contribution in [0.4, 0.5) is 9.18 Å². The van der Waals surface area contributed by atoms with E-state index in [1.165, 1.54) is 17.7 Å². The van der Waals surface area contributed by atoms with Crippen molar-refractivity contribution in [2.45, 2.75) is 84.4 Å². The standard InChI is InChI=1S/C37H50FN5O4/c1-24-22-46-14-13-43(24)34(44)31-18-27(38)7-8-29(31)30-16-25(17-33-32(30)19-39-41(33)6)15-26-20-42(21-26)23-37(5)11-9-28(10-12-37)40-35(45)47-36(2,3)4/h7-8,16-19,24,26,28H,9-15,20-23H2,1-6H3,(H,40,45)/t24-,28?,37?/m1/s1. The summed E-state index contributed by atoms with van der Waals surface area (Å²) in [5, 5.41) is 8.56. The molecule has 2 aliphatic heterocycles. The van der Waals surface area contributed by atoms with Crippen LogP contribution in [-0.2, 0) is 22.9 Å². The molecule has 0 unspecified atom stereocenters. The van der Waals surface area contributed by atoms with Crippen molar-refractivity contribution in [3.8, 4) is 11.1 Å². The summed E-state index contributed by atoms with van der Waals surface area (Å²) >= 11 is 0. The number of alkyl carbamates (subject to hydrolysis) is 1. The molecule has 1 aromatic heterocycles. The molecule has 3 aromatic rings. The van der Waals surface area contributed by atoms with E-state index in [1.807, 2.05) is 45.6 Å². The Morgan fingerprint density at radius 3 is 2.57 bits per heavy atom. The number of fused-ring (bicyclic) bond motifs is 1. The maximum atomic E-state index is 14.6. The Labute approximate surface area is 277 Å². The van der Waals surface area contributed by atoms with Gasteiger partial charge in [-0.3, -0.25) is 9.48 Å². The molecular weight excluding hydrogens is 597 g/mol. The molecule has 47 heavy (non-hydrogen) atoms. The van der Waals surface area contributed by atoms with Crippen molar-refractivity contribution in [1.29, 1.82) is 0 Å². The number of ether oxygens (including phenoxy) is 2. The minimum atomic E-state index is -0.489. The average Bonchev–Trinajstić information content (AvgIpc) is 3.36. The monoisotopic (exact) mass is 647 g/mol. The second kappa shape index (κ2) is 13.2. The van der Waals surface area contributed by atoms with Gasteiger partial charge >= 0.3 is 6.09 Å². The predicted octanol–water partition coefficient (Wildman–Crippen LogP) is 6.19. The highest BCUT2D eigenvalue weighted by atomic mass is 19.1. The van der Waals surface area contributed by atoms with Crippen molar-refractivity contribution in [3.05, 3.63) is 53.5 Å². The van der Waals surface area contributed by atoms with Crippen LogP contribution in [0.15, 0.2) is 36.5 Å². The lowest BCUT2D eigenvalue weighted by Crippen LogP contribution is -2.52. The molecule has 0 radical (unpaired) electrons. The van der Waals surface area contributed by atoms with Gasteiger partial charge in [0.1, 0.15) is 11.4 Å². The van der Waals surface area contributed by atoms with Gasteiger partial charge in [0.25, 0.3) is 5.91 Å². The third kappa shape index (κ3) is 7.64. The molecule has 9 nitrogen and oxygen atoms in total. The van der Waals surface area contributed by atoms with E-state index in [9.17, 15) is 14.0 Å². The lowest BCUT2D eigenvalue weighted by Gasteiger charge is -2.47. The molecule has 3 fully saturated rings. The summed E-state index contributed by atoms with van der Waals surface area (Å²) in [5.74, 6) is -0.0611. The van der Waals surface area contributed by atoms with Crippen molar-refractivity contribution in [2.75, 3.05) is 39.4 Å². The fourth-order valence-corrected chi connectivity index (χ4v) is 7.66. The van der Waals surface area contributed by atoms with Gasteiger partial charge in [-0.05, 0) is 106 Å². The molecule has 0 spiro atoms. The van der Waals surface area contributed by atoms with Crippen LogP contribution in [-0.4, -0.2) is 88.7 Å². The summed E-state index contributed by atoms with van der Waals surface area (Å²) in [5.41, 5.74) is 3.97. The number of hydrogen-bond donors (Lipinski definition) is 1. The van der Waals surface area contributed by atoms with Crippen molar-refractivity contribution < 1.29 is 23.5 Å². The third-order valence-electron chi connectivity index (χ3n) is 10.1. The molecule has 3 aliphatic rings. The van der Waals surface area contributed by atoms with Crippen molar-refractivity contribution in [2.24, 2.45) is 18.4 Å². The van der Waals surface area contributed by atoms with Gasteiger partial charge in [-0.15, -0.1) is 0 Å². The molecule has 0 bridgehead atoms. The number of nitrogens with zero attached hydrogens (tertiary/aromatic N) is 4. The fraction of sp³-hybridized carbons (Fsp3) is 0.595. The quantitative estimate of drug-likeness (QED) is 0.329. The number of aryl methyl sites for hydroxylation is 1. The molecule has 1 aliphatic carbocycles. The lowest BCUT2D eigenvalue weighted by atomic mass is 9.73. The largest absolute Gasteiger partial charge is 0.444 e. The SMILES string of the molecule is C[C@@H]1COCCN1C(=O)c1cc(F)ccc1-c1cc(CC2CN(CC3(C)CCC(NC(=O)OC(C)(C)C)CC3)C2)cc2c1cnn2C. The Bertz CT molecular complexity index is 1620. The van der Waals surface area contributed by atoms with Crippen LogP contribution in [0, 0.1) is 17.2 Å². The highest BCUT2D eigenvalue weighted by molar-refractivity contribution is 6.05. The minimum Gasteiger partial charge on any atom is -0.444 e. The van der Waals surface area contributed by atoms with Gasteiger partial charge in [0.2, 0.25) is 0 Å². The Morgan fingerprint density at radius 1 is 1.13 bits per heavy atom. The Morgan fingerprint density at radius 2 is 1.87 bits per heavy atom. The van der Waals surface area contributed by atoms with Crippen LogP contribution < -0.4 is 5.32 Å². The highest BCUT2D eigenvalue weighted by Gasteiger charge is 2.37. The molecule has 6 rings (SSSR count). The number of amides is 2. The number of morpholine rings is 1. The summed E-state index contributed by atoms with van der Waals surface area (Å²) in [7, 11) is 1.94. The first kappa shape index (κ1) is 33.4. The van der Waals surface area contributed by atoms with Gasteiger partial charge in [0, 0.05) is 44.7 Å². The maximum Gasteiger partial charge on any atom is 0.407 e. The van der Waals surface area contributed by atoms with Crippen molar-refractivity contribution >= 4 is 22.9 Å². The molecule has 3 heterocycles. The minimum absolute atomic E-state index is 0.0788. The molecule has 1 atom stereocenters. The predicted molar refractivity (Wildman–Crippen MR) is 181 cm³/mol. The topological polar surface area (TPSA) is 88.9 Å². The number of hydrogen-bond acceptors (Lipinski definition) is 6. The number of likely N-dealkylation sites (tertiary alicyclic amines) is 1. The van der Waals surface area contributed by atoms with E-state index < -0.39 is 11.4 Å². The Balaban J connectivity index is 1.12. The van der Waals surface area contributed by atoms with E-state index in [0.717, 1.165) is 73.8 Å². The fourth-order valence-electron chi connectivity index (χ4n) is 7.66. The van der Waals surface area contributed by atoms with E-state index in [1.54, 1.807) is 11.0 Å². The van der Waals surface area contributed by atoms with Crippen LogP contribution in [0.25, 0.3) is 22.0 Å². The third-order valence-corrected chi connectivity index (χ3v) is 10.1. The van der Waals surface area contributed by atoms with Gasteiger partial charge in [0.05, 0.1) is 36.5 Å². The summed E-state index contributed by atoms with van der Waals surface area (Å²) in [6, 6.07) is 9.04. The number of carbonyl (C=O) groups excluding carboxylic acids is 2. The Kier molecular flexibility index (Phi) is 9.37. The van der Waals surface area contributed by atoms with Gasteiger partial charge in [-0.2, -0.15) is 5.10 Å². The van der Waals surface area contributed by atoms with Crippen molar-refractivity contribution in [1.82, 2.24) is 24.9 Å². The number of benzene rings is 2. The summed E-state index contributed by atoms with van der Waals surface area (Å²) in [6.45, 7) is 14.6. The molecule has 1 N–H and O–H groups in total. The molecule has 10 heteroatoms. The number of carbonyl (C=O) groups is 2. The normalized spacial score (nSPS) is 24.3. The average molecular weight is 648 g/mol. The molecule has 2 amide bonds. The van der Waals surface area contributed by atoms with E-state index in [0.29, 0.717) is 31.2 Å². The Hall–Kier alpha value is -3.50. The van der Waals surface area contributed by atoms with Crippen molar-refractivity contribution in [3.63, 3.8) is 0 Å². The van der Waals surface area contributed by atoms with E-state index in [-0.39, 0.29) is 29.5 Å².